The smallest absolute Gasteiger partial charge is 0.303 e. The quantitative estimate of drug-likeness (QED) is 0.910. The van der Waals surface area contributed by atoms with Gasteiger partial charge >= 0.3 is 5.97 Å². The van der Waals surface area contributed by atoms with E-state index in [0.29, 0.717) is 6.42 Å². The summed E-state index contributed by atoms with van der Waals surface area (Å²) in [6, 6.07) is 8.38. The molecule has 1 N–H and O–H groups in total. The Morgan fingerprint density at radius 3 is 2.45 bits per heavy atom. The zero-order chi connectivity index (χ0) is 14.7. The van der Waals surface area contributed by atoms with Crippen LogP contribution in [-0.2, 0) is 17.8 Å². The van der Waals surface area contributed by atoms with Gasteiger partial charge in [-0.25, -0.2) is 0 Å². The molecule has 4 heteroatoms. The van der Waals surface area contributed by atoms with Crippen molar-refractivity contribution in [2.75, 3.05) is 0 Å². The van der Waals surface area contributed by atoms with Crippen LogP contribution >= 0.6 is 0 Å². The minimum atomic E-state index is -0.768. The lowest BCUT2D eigenvalue weighted by Crippen LogP contribution is -2.05. The van der Waals surface area contributed by atoms with E-state index in [0.717, 1.165) is 23.5 Å². The summed E-state index contributed by atoms with van der Waals surface area (Å²) < 4.78 is 1.96. The van der Waals surface area contributed by atoms with E-state index in [-0.39, 0.29) is 6.42 Å². The van der Waals surface area contributed by atoms with Crippen LogP contribution in [0.5, 0.6) is 0 Å². The molecule has 0 aliphatic rings. The number of carbonyl (C=O) groups is 1. The molecular weight excluding hydrogens is 252 g/mol. The molecule has 4 nitrogen and oxygen atoms in total. The molecule has 0 amide bonds. The molecule has 0 aliphatic heterocycles. The standard InChI is InChI=1S/C16H20N2O2/c1-11-4-6-14(7-5-11)10-18-13(3)15(12(2)17-18)8-9-16(19)20/h4-7H,8-10H2,1-3H3,(H,19,20). The first kappa shape index (κ1) is 14.3. The number of carboxylic acids is 1. The molecule has 2 rings (SSSR count). The predicted octanol–water partition coefficient (Wildman–Crippen LogP) is 2.87. The lowest BCUT2D eigenvalue weighted by molar-refractivity contribution is -0.136. The summed E-state index contributed by atoms with van der Waals surface area (Å²) in [7, 11) is 0. The molecule has 0 radical (unpaired) electrons. The van der Waals surface area contributed by atoms with Gasteiger partial charge in [-0.15, -0.1) is 0 Å². The van der Waals surface area contributed by atoms with Crippen molar-refractivity contribution in [3.05, 3.63) is 52.3 Å². The van der Waals surface area contributed by atoms with Gasteiger partial charge in [-0.3, -0.25) is 9.48 Å². The zero-order valence-corrected chi connectivity index (χ0v) is 12.2. The Hall–Kier alpha value is -2.10. The highest BCUT2D eigenvalue weighted by Gasteiger charge is 2.12. The molecule has 1 heterocycles. The first-order valence-corrected chi connectivity index (χ1v) is 6.77. The van der Waals surface area contributed by atoms with Gasteiger partial charge < -0.3 is 5.11 Å². The summed E-state index contributed by atoms with van der Waals surface area (Å²) >= 11 is 0. The molecule has 1 aromatic heterocycles. The minimum Gasteiger partial charge on any atom is -0.481 e. The predicted molar refractivity (Wildman–Crippen MR) is 77.9 cm³/mol. The third-order valence-electron chi connectivity index (χ3n) is 3.57. The van der Waals surface area contributed by atoms with Crippen LogP contribution in [0.3, 0.4) is 0 Å². The summed E-state index contributed by atoms with van der Waals surface area (Å²) in [5.41, 5.74) is 5.48. The van der Waals surface area contributed by atoms with Gasteiger partial charge in [-0.05, 0) is 38.3 Å². The zero-order valence-electron chi connectivity index (χ0n) is 12.2. The molecule has 0 atom stereocenters. The van der Waals surface area contributed by atoms with E-state index >= 15 is 0 Å². The Morgan fingerprint density at radius 1 is 1.20 bits per heavy atom. The Balaban J connectivity index is 2.18. The second kappa shape index (κ2) is 5.90. The number of hydrogen-bond acceptors (Lipinski definition) is 2. The molecule has 0 saturated carbocycles. The maximum Gasteiger partial charge on any atom is 0.303 e. The molecule has 20 heavy (non-hydrogen) atoms. The van der Waals surface area contributed by atoms with Crippen molar-refractivity contribution < 1.29 is 9.90 Å². The van der Waals surface area contributed by atoms with Crippen LogP contribution < -0.4 is 0 Å². The minimum absolute atomic E-state index is 0.151. The van der Waals surface area contributed by atoms with Crippen LogP contribution in [0.25, 0.3) is 0 Å². The van der Waals surface area contributed by atoms with E-state index in [9.17, 15) is 4.79 Å². The average molecular weight is 272 g/mol. The summed E-state index contributed by atoms with van der Waals surface area (Å²) in [4.78, 5) is 10.7. The normalized spacial score (nSPS) is 10.8. The van der Waals surface area contributed by atoms with Crippen LogP contribution in [0.2, 0.25) is 0 Å². The number of benzene rings is 1. The second-order valence-corrected chi connectivity index (χ2v) is 5.19. The summed E-state index contributed by atoms with van der Waals surface area (Å²) in [6.45, 7) is 6.73. The van der Waals surface area contributed by atoms with Crippen molar-refractivity contribution in [2.24, 2.45) is 0 Å². The highest BCUT2D eigenvalue weighted by molar-refractivity contribution is 5.67. The fourth-order valence-corrected chi connectivity index (χ4v) is 2.35. The summed E-state index contributed by atoms with van der Waals surface area (Å²) in [6.07, 6.45) is 0.693. The molecule has 0 spiro atoms. The molecule has 0 unspecified atom stereocenters. The van der Waals surface area contributed by atoms with Gasteiger partial charge in [0, 0.05) is 12.1 Å². The highest BCUT2D eigenvalue weighted by Crippen LogP contribution is 2.17. The van der Waals surface area contributed by atoms with Gasteiger partial charge in [0.2, 0.25) is 0 Å². The molecule has 0 saturated heterocycles. The molecule has 106 valence electrons. The molecule has 0 fully saturated rings. The first-order chi connectivity index (χ1) is 9.47. The van der Waals surface area contributed by atoms with Crippen molar-refractivity contribution in [3.63, 3.8) is 0 Å². The Bertz CT molecular complexity index is 612. The lowest BCUT2D eigenvalue weighted by atomic mass is 10.1. The van der Waals surface area contributed by atoms with Gasteiger partial charge in [-0.1, -0.05) is 29.8 Å². The molecule has 0 bridgehead atoms. The number of aryl methyl sites for hydroxylation is 2. The van der Waals surface area contributed by atoms with E-state index < -0.39 is 5.97 Å². The van der Waals surface area contributed by atoms with Gasteiger partial charge in [0.1, 0.15) is 0 Å². The van der Waals surface area contributed by atoms with Gasteiger partial charge in [-0.2, -0.15) is 5.10 Å². The van der Waals surface area contributed by atoms with E-state index in [2.05, 4.69) is 36.3 Å². The Labute approximate surface area is 119 Å². The maximum absolute atomic E-state index is 10.7. The number of rotatable bonds is 5. The van der Waals surface area contributed by atoms with Crippen LogP contribution in [0.4, 0.5) is 0 Å². The molecular formula is C16H20N2O2. The largest absolute Gasteiger partial charge is 0.481 e. The van der Waals surface area contributed by atoms with Crippen molar-refractivity contribution in [1.29, 1.82) is 0 Å². The fourth-order valence-electron chi connectivity index (χ4n) is 2.35. The molecule has 1 aromatic carbocycles. The number of nitrogens with zero attached hydrogens (tertiary/aromatic N) is 2. The Kier molecular flexibility index (Phi) is 4.23. The van der Waals surface area contributed by atoms with E-state index in [1.165, 1.54) is 11.1 Å². The van der Waals surface area contributed by atoms with Gasteiger partial charge in [0.05, 0.1) is 12.2 Å². The monoisotopic (exact) mass is 272 g/mol. The number of aromatic nitrogens is 2. The average Bonchev–Trinajstić information content (AvgIpc) is 2.65. The van der Waals surface area contributed by atoms with E-state index in [1.807, 2.05) is 18.5 Å². The van der Waals surface area contributed by atoms with E-state index in [4.69, 9.17) is 5.11 Å². The van der Waals surface area contributed by atoms with Crippen LogP contribution in [0, 0.1) is 20.8 Å². The second-order valence-electron chi connectivity index (χ2n) is 5.19. The topological polar surface area (TPSA) is 55.1 Å². The van der Waals surface area contributed by atoms with Crippen molar-refractivity contribution in [1.82, 2.24) is 9.78 Å². The first-order valence-electron chi connectivity index (χ1n) is 6.77. The van der Waals surface area contributed by atoms with Crippen LogP contribution in [-0.4, -0.2) is 20.9 Å². The summed E-state index contributed by atoms with van der Waals surface area (Å²) in [5.74, 6) is -0.768. The van der Waals surface area contributed by atoms with Gasteiger partial charge in [0.15, 0.2) is 0 Å². The molecule has 2 aromatic rings. The van der Waals surface area contributed by atoms with E-state index in [1.54, 1.807) is 0 Å². The van der Waals surface area contributed by atoms with Crippen molar-refractivity contribution in [2.45, 2.75) is 40.2 Å². The third kappa shape index (κ3) is 3.26. The van der Waals surface area contributed by atoms with Gasteiger partial charge in [0.25, 0.3) is 0 Å². The fraction of sp³-hybridized carbons (Fsp3) is 0.375. The SMILES string of the molecule is Cc1ccc(Cn2nc(C)c(CCC(=O)O)c2C)cc1. The number of carboxylic acid groups (broad SMARTS) is 1. The molecule has 0 aliphatic carbocycles. The van der Waals surface area contributed by atoms with Crippen LogP contribution in [0.15, 0.2) is 24.3 Å². The number of hydrogen-bond donors (Lipinski definition) is 1. The Morgan fingerprint density at radius 2 is 1.85 bits per heavy atom. The van der Waals surface area contributed by atoms with Crippen molar-refractivity contribution in [3.8, 4) is 0 Å². The number of aliphatic carboxylic acids is 1. The summed E-state index contributed by atoms with van der Waals surface area (Å²) in [5, 5.41) is 13.3. The van der Waals surface area contributed by atoms with Crippen molar-refractivity contribution >= 4 is 5.97 Å². The third-order valence-corrected chi connectivity index (χ3v) is 3.57. The van der Waals surface area contributed by atoms with Crippen LogP contribution in [0.1, 0.15) is 34.5 Å². The highest BCUT2D eigenvalue weighted by atomic mass is 16.4. The lowest BCUT2D eigenvalue weighted by Gasteiger charge is -2.06. The maximum atomic E-state index is 10.7.